The van der Waals surface area contributed by atoms with E-state index >= 15 is 0 Å². The highest BCUT2D eigenvalue weighted by atomic mass is 19.1. The van der Waals surface area contributed by atoms with E-state index in [-0.39, 0.29) is 48.5 Å². The number of carbonyl (C=O) groups excluding carboxylic acids is 1. The molecule has 0 unspecified atom stereocenters. The molecule has 1 saturated heterocycles. The second-order valence-corrected chi connectivity index (χ2v) is 16.0. The zero-order chi connectivity index (χ0) is 33.3. The number of imidazole rings is 1. The highest BCUT2D eigenvalue weighted by Crippen LogP contribution is 2.68. The molecule has 12 atom stereocenters. The lowest BCUT2D eigenvalue weighted by Gasteiger charge is -2.61. The van der Waals surface area contributed by atoms with Crippen molar-refractivity contribution in [3.8, 4) is 12.3 Å². The summed E-state index contributed by atoms with van der Waals surface area (Å²) in [6.45, 7) is 7.07. The molecule has 0 radical (unpaired) electrons. The number of rotatable bonds is 7. The zero-order valence-electron chi connectivity index (χ0n) is 27.9. The standard InChI is InChI=1S/C36H50FN5O5/c1-5-36(27(44)17-28(47-36)42-19-39-30-31(38)40-33(37)41-32(30)42)18-46-29(45)11-6-20(2)24-9-10-25-23-8-7-21-16-22(43)12-14-34(21,3)26(23)13-15-35(24,25)4/h1,19-28,43-44H,6-18H2,2-4H3,(H2,38,40,41)/t20-,21-,22-,23+,24-,25+,26+,27+,28-,34+,35-,36-/m1/s1. The number of halogens is 1. The summed E-state index contributed by atoms with van der Waals surface area (Å²) in [6, 6.07) is 0. The van der Waals surface area contributed by atoms with Crippen LogP contribution >= 0.6 is 0 Å². The Balaban J connectivity index is 0.946. The van der Waals surface area contributed by atoms with Gasteiger partial charge in [0.05, 0.1) is 12.4 Å². The van der Waals surface area contributed by atoms with Gasteiger partial charge in [0, 0.05) is 12.8 Å². The molecule has 0 bridgehead atoms. The van der Waals surface area contributed by atoms with Crippen LogP contribution in [0.2, 0.25) is 0 Å². The quantitative estimate of drug-likeness (QED) is 0.210. The van der Waals surface area contributed by atoms with E-state index in [2.05, 4.69) is 41.6 Å². The minimum absolute atomic E-state index is 0.0703. The number of terminal acetylenes is 1. The lowest BCUT2D eigenvalue weighted by atomic mass is 9.44. The molecule has 47 heavy (non-hydrogen) atoms. The fourth-order valence-electron chi connectivity index (χ4n) is 11.4. The van der Waals surface area contributed by atoms with Crippen LogP contribution in [0.15, 0.2) is 6.33 Å². The number of esters is 1. The predicted octanol–water partition coefficient (Wildman–Crippen LogP) is 5.18. The Bertz CT molecular complexity index is 1560. The molecule has 0 spiro atoms. The predicted molar refractivity (Wildman–Crippen MR) is 173 cm³/mol. The number of fused-ring (bicyclic) bond motifs is 6. The minimum Gasteiger partial charge on any atom is -0.461 e. The number of ether oxygens (including phenoxy) is 2. The van der Waals surface area contributed by atoms with E-state index in [1.807, 2.05) is 0 Å². The number of hydrogen-bond donors (Lipinski definition) is 3. The summed E-state index contributed by atoms with van der Waals surface area (Å²) in [7, 11) is 0. The van der Waals surface area contributed by atoms with Crippen molar-refractivity contribution in [2.75, 3.05) is 12.3 Å². The third-order valence-corrected chi connectivity index (χ3v) is 13.9. The van der Waals surface area contributed by atoms with Gasteiger partial charge in [-0.25, -0.2) is 4.98 Å². The third kappa shape index (κ3) is 5.34. The summed E-state index contributed by atoms with van der Waals surface area (Å²) in [5.41, 5.74) is 5.23. The maximum absolute atomic E-state index is 13.9. The Hall–Kier alpha value is -2.81. The summed E-state index contributed by atoms with van der Waals surface area (Å²) in [5.74, 6) is 5.95. The summed E-state index contributed by atoms with van der Waals surface area (Å²) >= 11 is 0. The molecule has 2 aromatic rings. The summed E-state index contributed by atoms with van der Waals surface area (Å²) in [6.07, 6.45) is 15.9. The molecule has 0 amide bonds. The molecule has 4 N–H and O–H groups in total. The monoisotopic (exact) mass is 651 g/mol. The van der Waals surface area contributed by atoms with Gasteiger partial charge in [-0.3, -0.25) is 9.36 Å². The van der Waals surface area contributed by atoms with Crippen molar-refractivity contribution in [1.82, 2.24) is 19.5 Å². The van der Waals surface area contributed by atoms with E-state index in [0.717, 1.165) is 37.0 Å². The Morgan fingerprint density at radius 1 is 1.15 bits per heavy atom. The molecule has 7 rings (SSSR count). The van der Waals surface area contributed by atoms with Gasteiger partial charge < -0.3 is 25.4 Å². The van der Waals surface area contributed by atoms with Crippen molar-refractivity contribution in [3.05, 3.63) is 12.4 Å². The maximum Gasteiger partial charge on any atom is 0.312 e. The van der Waals surface area contributed by atoms with Crippen molar-refractivity contribution in [3.63, 3.8) is 0 Å². The maximum atomic E-state index is 13.9. The second-order valence-electron chi connectivity index (χ2n) is 16.0. The molecule has 5 aliphatic rings. The van der Waals surface area contributed by atoms with Crippen LogP contribution < -0.4 is 5.73 Å². The number of aromatic nitrogens is 4. The fraction of sp³-hybridized carbons (Fsp3) is 0.778. The SMILES string of the molecule is C#C[C@]1(COC(=O)CC[C@@H](C)[C@H]2CC[C@H]3[C@@H]4CC[C@@H]5C[C@H](O)CC[C@]5(C)[C@H]4CC[C@]23C)O[C@@H](n2cnc3c(N)nc(F)nc32)C[C@@H]1O. The topological polar surface area (TPSA) is 146 Å². The molecule has 4 saturated carbocycles. The Morgan fingerprint density at radius 2 is 1.91 bits per heavy atom. The fourth-order valence-corrected chi connectivity index (χ4v) is 11.4. The number of carbonyl (C=O) groups is 1. The average molecular weight is 652 g/mol. The Morgan fingerprint density at radius 3 is 2.70 bits per heavy atom. The third-order valence-electron chi connectivity index (χ3n) is 13.9. The van der Waals surface area contributed by atoms with Crippen molar-refractivity contribution in [2.45, 2.75) is 122 Å². The molecule has 256 valence electrons. The molecular formula is C36H50FN5O5. The molecule has 2 aromatic heterocycles. The van der Waals surface area contributed by atoms with Crippen LogP contribution in [0.5, 0.6) is 0 Å². The van der Waals surface area contributed by atoms with Gasteiger partial charge in [-0.15, -0.1) is 6.42 Å². The minimum atomic E-state index is -1.56. The molecule has 0 aromatic carbocycles. The Kier molecular flexibility index (Phi) is 8.32. The van der Waals surface area contributed by atoms with Gasteiger partial charge in [-0.1, -0.05) is 26.7 Å². The first kappa shape index (κ1) is 32.7. The molecule has 10 nitrogen and oxygen atoms in total. The van der Waals surface area contributed by atoms with Crippen molar-refractivity contribution < 1.29 is 28.9 Å². The van der Waals surface area contributed by atoms with Gasteiger partial charge in [0.25, 0.3) is 0 Å². The first-order valence-corrected chi connectivity index (χ1v) is 17.7. The molecule has 1 aliphatic heterocycles. The number of nitrogens with zero attached hydrogens (tertiary/aromatic N) is 4. The van der Waals surface area contributed by atoms with Crippen molar-refractivity contribution >= 4 is 23.0 Å². The first-order valence-electron chi connectivity index (χ1n) is 17.7. The van der Waals surface area contributed by atoms with Crippen molar-refractivity contribution in [2.24, 2.45) is 46.3 Å². The smallest absolute Gasteiger partial charge is 0.312 e. The molecule has 4 aliphatic carbocycles. The number of hydrogen-bond acceptors (Lipinski definition) is 9. The van der Waals surface area contributed by atoms with Crippen molar-refractivity contribution in [1.29, 1.82) is 0 Å². The van der Waals surface area contributed by atoms with Crippen LogP contribution in [0.1, 0.15) is 104 Å². The van der Waals surface area contributed by atoms with Crippen LogP contribution in [0.4, 0.5) is 10.2 Å². The zero-order valence-corrected chi connectivity index (χ0v) is 27.9. The molecule has 11 heteroatoms. The van der Waals surface area contributed by atoms with Crippen LogP contribution in [0.3, 0.4) is 0 Å². The molecular weight excluding hydrogens is 601 g/mol. The van der Waals surface area contributed by atoms with E-state index in [9.17, 15) is 19.4 Å². The highest BCUT2D eigenvalue weighted by molar-refractivity contribution is 5.81. The number of nitrogen functional groups attached to an aromatic ring is 1. The average Bonchev–Trinajstić information content (AvgIpc) is 3.72. The van der Waals surface area contributed by atoms with E-state index in [1.54, 1.807) is 0 Å². The summed E-state index contributed by atoms with van der Waals surface area (Å²) < 4.78 is 27.1. The lowest BCUT2D eigenvalue weighted by Crippen LogP contribution is -2.54. The number of aliphatic hydroxyl groups is 2. The van der Waals surface area contributed by atoms with E-state index in [4.69, 9.17) is 21.6 Å². The van der Waals surface area contributed by atoms with Crippen LogP contribution in [-0.2, 0) is 14.3 Å². The van der Waals surface area contributed by atoms with Crippen LogP contribution in [-0.4, -0.2) is 60.1 Å². The van der Waals surface area contributed by atoms with E-state index in [0.29, 0.717) is 28.6 Å². The number of aliphatic hydroxyl groups excluding tert-OH is 2. The van der Waals surface area contributed by atoms with Gasteiger partial charge in [0.1, 0.15) is 18.9 Å². The number of nitrogens with two attached hydrogens (primary N) is 1. The second kappa shape index (κ2) is 12.0. The molecule has 3 heterocycles. The van der Waals surface area contributed by atoms with Gasteiger partial charge in [0.2, 0.25) is 0 Å². The summed E-state index contributed by atoms with van der Waals surface area (Å²) in [4.78, 5) is 24.5. The summed E-state index contributed by atoms with van der Waals surface area (Å²) in [5, 5.41) is 21.3. The van der Waals surface area contributed by atoms with Crippen LogP contribution in [0.25, 0.3) is 11.2 Å². The van der Waals surface area contributed by atoms with Crippen LogP contribution in [0, 0.1) is 64.8 Å². The molecule has 5 fully saturated rings. The van der Waals surface area contributed by atoms with Gasteiger partial charge in [-0.2, -0.15) is 14.4 Å². The first-order chi connectivity index (χ1) is 22.4. The largest absolute Gasteiger partial charge is 0.461 e. The highest BCUT2D eigenvalue weighted by Gasteiger charge is 2.60. The number of anilines is 1. The Labute approximate surface area is 276 Å². The lowest BCUT2D eigenvalue weighted by molar-refractivity contribution is -0.157. The van der Waals surface area contributed by atoms with Gasteiger partial charge in [-0.05, 0) is 111 Å². The van der Waals surface area contributed by atoms with Gasteiger partial charge in [0.15, 0.2) is 22.6 Å². The van der Waals surface area contributed by atoms with E-state index < -0.39 is 24.0 Å². The van der Waals surface area contributed by atoms with Gasteiger partial charge >= 0.3 is 12.0 Å². The van der Waals surface area contributed by atoms with E-state index in [1.165, 1.54) is 55.8 Å². The normalized spacial score (nSPS) is 41.9.